The van der Waals surface area contributed by atoms with Crippen molar-refractivity contribution in [3.8, 4) is 0 Å². The van der Waals surface area contributed by atoms with Crippen LogP contribution in [0.5, 0.6) is 0 Å². The van der Waals surface area contributed by atoms with Gasteiger partial charge >= 0.3 is 5.97 Å². The number of nitrogens with two attached hydrogens (primary N) is 3. The number of carboxylic acid groups (broad SMARTS) is 1. The highest BCUT2D eigenvalue weighted by Crippen LogP contribution is 2.12. The Morgan fingerprint density at radius 1 is 0.642 bits per heavy atom. The number of aliphatic hydroxyl groups excluding tert-OH is 2. The number of hydrogen-bond donors (Lipinski definition) is 12. The van der Waals surface area contributed by atoms with Crippen LogP contribution >= 0.6 is 0 Å². The third-order valence-electron chi connectivity index (χ3n) is 8.27. The number of rotatable bonds is 24. The van der Waals surface area contributed by atoms with Gasteiger partial charge in [-0.1, -0.05) is 48.0 Å². The maximum absolute atomic E-state index is 13.8. The van der Waals surface area contributed by atoms with Gasteiger partial charge in [-0.25, -0.2) is 4.79 Å². The molecule has 0 spiro atoms. The van der Waals surface area contributed by atoms with Crippen molar-refractivity contribution >= 4 is 47.4 Å². The van der Waals surface area contributed by atoms with Gasteiger partial charge < -0.3 is 64.4 Å². The van der Waals surface area contributed by atoms with Gasteiger partial charge in [-0.3, -0.25) is 33.8 Å². The number of aliphatic hydroxyl groups is 2. The number of nitrogens with zero attached hydrogens (tertiary/aromatic N) is 1. The molecule has 0 rings (SSSR count). The van der Waals surface area contributed by atoms with Crippen LogP contribution in [-0.4, -0.2) is 124 Å². The zero-order chi connectivity index (χ0) is 41.2. The molecule has 0 unspecified atom stereocenters. The van der Waals surface area contributed by atoms with Gasteiger partial charge in [0, 0.05) is 6.54 Å². The normalized spacial score (nSPS) is 16.3. The Labute approximate surface area is 310 Å². The largest absolute Gasteiger partial charge is 0.480 e. The van der Waals surface area contributed by atoms with Crippen LogP contribution in [0, 0.1) is 17.8 Å². The van der Waals surface area contributed by atoms with E-state index in [1.165, 1.54) is 13.8 Å². The van der Waals surface area contributed by atoms with Crippen molar-refractivity contribution in [3.05, 3.63) is 0 Å². The Kier molecular flexibility index (Phi) is 21.8. The van der Waals surface area contributed by atoms with Gasteiger partial charge in [0.05, 0.1) is 18.8 Å². The van der Waals surface area contributed by atoms with Gasteiger partial charge in [0.2, 0.25) is 35.4 Å². The maximum atomic E-state index is 13.8. The second kappa shape index (κ2) is 23.9. The van der Waals surface area contributed by atoms with E-state index in [9.17, 15) is 48.9 Å². The van der Waals surface area contributed by atoms with Crippen molar-refractivity contribution in [2.75, 3.05) is 13.1 Å². The first kappa shape index (κ1) is 48.4. The van der Waals surface area contributed by atoms with Crippen molar-refractivity contribution in [2.45, 2.75) is 130 Å². The predicted molar refractivity (Wildman–Crippen MR) is 195 cm³/mol. The van der Waals surface area contributed by atoms with Crippen LogP contribution in [0.15, 0.2) is 4.99 Å². The smallest absolute Gasteiger partial charge is 0.326 e. The summed E-state index contributed by atoms with van der Waals surface area (Å²) < 4.78 is 0. The van der Waals surface area contributed by atoms with E-state index >= 15 is 0 Å². The summed E-state index contributed by atoms with van der Waals surface area (Å²) in [4.78, 5) is 94.7. The van der Waals surface area contributed by atoms with Gasteiger partial charge in [0.25, 0.3) is 0 Å². The molecule has 0 aliphatic carbocycles. The second-order valence-corrected chi connectivity index (χ2v) is 13.9. The molecule has 20 nitrogen and oxygen atoms in total. The van der Waals surface area contributed by atoms with Crippen LogP contribution in [-0.2, 0) is 33.6 Å². The molecule has 0 bridgehead atoms. The minimum Gasteiger partial charge on any atom is -0.480 e. The molecule has 0 saturated heterocycles. The van der Waals surface area contributed by atoms with E-state index in [0.717, 1.165) is 0 Å². The van der Waals surface area contributed by atoms with Crippen LogP contribution in [0.4, 0.5) is 0 Å². The van der Waals surface area contributed by atoms with E-state index < -0.39 is 108 Å². The van der Waals surface area contributed by atoms with Crippen molar-refractivity contribution in [1.82, 2.24) is 31.9 Å². The fourth-order valence-electron chi connectivity index (χ4n) is 5.01. The van der Waals surface area contributed by atoms with E-state index in [-0.39, 0.29) is 37.7 Å². The molecule has 53 heavy (non-hydrogen) atoms. The zero-order valence-electron chi connectivity index (χ0n) is 32.0. The number of aliphatic carboxylic acids is 1. The number of carboxylic acids is 1. The highest BCUT2D eigenvalue weighted by Gasteiger charge is 2.36. The lowest BCUT2D eigenvalue weighted by Gasteiger charge is -2.30. The van der Waals surface area contributed by atoms with Crippen molar-refractivity contribution in [2.24, 2.45) is 39.9 Å². The lowest BCUT2D eigenvalue weighted by Crippen LogP contribution is -2.62. The Hall–Kier alpha value is -4.56. The molecule has 0 heterocycles. The third-order valence-corrected chi connectivity index (χ3v) is 8.27. The molecular weight excluding hydrogens is 696 g/mol. The minimum absolute atomic E-state index is 0.0309. The van der Waals surface area contributed by atoms with Gasteiger partial charge in [-0.05, 0) is 50.9 Å². The molecule has 0 radical (unpaired) electrons. The molecule has 0 saturated carbocycles. The fraction of sp³-hybridized carbons (Fsp3) is 0.758. The molecule has 20 heteroatoms. The molecule has 0 aliphatic rings. The molecule has 0 aromatic rings. The molecule has 304 valence electrons. The number of carbonyl (C=O) groups excluding carboxylic acids is 6. The average Bonchev–Trinajstić information content (AvgIpc) is 3.06. The van der Waals surface area contributed by atoms with E-state index in [4.69, 9.17) is 17.2 Å². The van der Waals surface area contributed by atoms with E-state index in [1.54, 1.807) is 41.5 Å². The molecule has 0 aromatic heterocycles. The number of guanidine groups is 1. The lowest BCUT2D eigenvalue weighted by molar-refractivity contribution is -0.144. The topological polar surface area (TPSA) is 343 Å². The summed E-state index contributed by atoms with van der Waals surface area (Å²) >= 11 is 0. The van der Waals surface area contributed by atoms with Crippen LogP contribution in [0.1, 0.15) is 81.1 Å². The standard InChI is InChI=1S/C33H62N10O10/c1-9-17(6)24(32(52)53)42-31(51)26(19(8)45)43-29(49)23(16(4)5)41-27(47)20(11-10-12-37-33(35)36)38-28(48)21(13-15(2)3)39-30(50)25(18(7)44)40-22(46)14-34/h15-21,23-26,44-45H,9-14,34H2,1-8H3,(H,38,48)(H,39,50)(H,40,46)(H,41,47)(H,42,51)(H,43,49)(H,52,53)(H4,35,36,37)/t17-,18+,19+,20-,21-,23-,24-,25-,26-/m0/s1. The first-order valence-corrected chi connectivity index (χ1v) is 17.7. The Balaban J connectivity index is 6.34. The molecule has 0 aromatic carbocycles. The summed E-state index contributed by atoms with van der Waals surface area (Å²) in [6.07, 6.45) is -2.13. The van der Waals surface area contributed by atoms with Gasteiger partial charge in [-0.2, -0.15) is 0 Å². The predicted octanol–water partition coefficient (Wildman–Crippen LogP) is -3.50. The number of aliphatic imine (C=N–C) groups is 1. The van der Waals surface area contributed by atoms with Crippen molar-refractivity contribution < 1.29 is 48.9 Å². The van der Waals surface area contributed by atoms with Crippen molar-refractivity contribution in [1.29, 1.82) is 0 Å². The summed E-state index contributed by atoms with van der Waals surface area (Å²) in [5, 5.41) is 44.9. The first-order valence-electron chi connectivity index (χ1n) is 17.7. The fourth-order valence-corrected chi connectivity index (χ4v) is 5.01. The Morgan fingerprint density at radius 2 is 1.09 bits per heavy atom. The van der Waals surface area contributed by atoms with Gasteiger partial charge in [0.1, 0.15) is 36.3 Å². The Bertz CT molecular complexity index is 1270. The average molecular weight is 759 g/mol. The van der Waals surface area contributed by atoms with Gasteiger partial charge in [-0.15, -0.1) is 0 Å². The van der Waals surface area contributed by atoms with E-state index in [1.807, 2.05) is 0 Å². The SMILES string of the molecule is CC[C@H](C)[C@H](NC(=O)[C@@H](NC(=O)[C@@H](NC(=O)[C@H](CCCN=C(N)N)NC(=O)[C@H](CC(C)C)NC(=O)[C@@H](NC(=O)CN)[C@@H](C)O)C(C)C)[C@@H](C)O)C(=O)O. The molecular formula is C33H62N10O10. The summed E-state index contributed by atoms with van der Waals surface area (Å²) in [6, 6.07) is -8.14. The maximum Gasteiger partial charge on any atom is 0.326 e. The number of carbonyl (C=O) groups is 7. The first-order chi connectivity index (χ1) is 24.6. The van der Waals surface area contributed by atoms with E-state index in [0.29, 0.717) is 6.42 Å². The quantitative estimate of drug-likeness (QED) is 0.0259. The molecule has 0 fully saturated rings. The van der Waals surface area contributed by atoms with Crippen LogP contribution < -0.4 is 49.1 Å². The molecule has 0 aliphatic heterocycles. The summed E-state index contributed by atoms with van der Waals surface area (Å²) in [7, 11) is 0. The van der Waals surface area contributed by atoms with Gasteiger partial charge in [0.15, 0.2) is 5.96 Å². The molecule has 9 atom stereocenters. The summed E-state index contributed by atoms with van der Waals surface area (Å²) in [6.45, 7) is 12.3. The highest BCUT2D eigenvalue weighted by molar-refractivity contribution is 5.97. The Morgan fingerprint density at radius 3 is 1.55 bits per heavy atom. The molecule has 15 N–H and O–H groups in total. The van der Waals surface area contributed by atoms with Crippen LogP contribution in [0.2, 0.25) is 0 Å². The number of amides is 6. The van der Waals surface area contributed by atoms with Crippen LogP contribution in [0.3, 0.4) is 0 Å². The summed E-state index contributed by atoms with van der Waals surface area (Å²) in [5.41, 5.74) is 16.2. The summed E-state index contributed by atoms with van der Waals surface area (Å²) in [5.74, 6) is -7.69. The minimum atomic E-state index is -1.58. The zero-order valence-corrected chi connectivity index (χ0v) is 32.0. The van der Waals surface area contributed by atoms with Crippen molar-refractivity contribution in [3.63, 3.8) is 0 Å². The number of hydrogen-bond acceptors (Lipinski definition) is 11. The monoisotopic (exact) mass is 758 g/mol. The third kappa shape index (κ3) is 17.7. The van der Waals surface area contributed by atoms with Crippen LogP contribution in [0.25, 0.3) is 0 Å². The molecule has 6 amide bonds. The second-order valence-electron chi connectivity index (χ2n) is 13.9. The highest BCUT2D eigenvalue weighted by atomic mass is 16.4. The number of nitrogens with one attached hydrogen (secondary N) is 6. The lowest BCUT2D eigenvalue weighted by atomic mass is 9.98. The van der Waals surface area contributed by atoms with E-state index in [2.05, 4.69) is 36.9 Å².